The summed E-state index contributed by atoms with van der Waals surface area (Å²) < 4.78 is 10.9. The molecule has 0 aromatic heterocycles. The van der Waals surface area contributed by atoms with Gasteiger partial charge in [0.2, 0.25) is 0 Å². The van der Waals surface area contributed by atoms with E-state index in [1.54, 1.807) is 24.3 Å². The maximum absolute atomic E-state index is 12.4. The quantitative estimate of drug-likeness (QED) is 0.845. The molecule has 130 valence electrons. The van der Waals surface area contributed by atoms with Crippen molar-refractivity contribution in [1.82, 2.24) is 4.90 Å². The van der Waals surface area contributed by atoms with E-state index in [0.29, 0.717) is 18.7 Å². The molecule has 1 N–H and O–H groups in total. The van der Waals surface area contributed by atoms with Crippen LogP contribution < -0.4 is 0 Å². The molecule has 2 fully saturated rings. The van der Waals surface area contributed by atoms with Crippen LogP contribution in [0, 0.1) is 0 Å². The Kier molecular flexibility index (Phi) is 5.48. The molecule has 1 heterocycles. The van der Waals surface area contributed by atoms with Crippen LogP contribution in [-0.4, -0.2) is 53.8 Å². The molecule has 3 rings (SSSR count). The molecule has 1 saturated carbocycles. The summed E-state index contributed by atoms with van der Waals surface area (Å²) in [5.74, 6) is -0.683. The molecule has 1 aromatic rings. The van der Waals surface area contributed by atoms with E-state index in [2.05, 4.69) is 0 Å². The van der Waals surface area contributed by atoms with Crippen LogP contribution in [0.2, 0.25) is 0 Å². The molecular formula is C18H23NO5. The van der Waals surface area contributed by atoms with E-state index in [-0.39, 0.29) is 31.3 Å². The van der Waals surface area contributed by atoms with E-state index in [9.17, 15) is 9.59 Å². The minimum absolute atomic E-state index is 0.0760. The average molecular weight is 333 g/mol. The fourth-order valence-corrected chi connectivity index (χ4v) is 3.45. The van der Waals surface area contributed by atoms with Gasteiger partial charge in [0.05, 0.1) is 30.9 Å². The minimum atomic E-state index is -0.527. The van der Waals surface area contributed by atoms with E-state index in [1.807, 2.05) is 4.90 Å². The Morgan fingerprint density at radius 3 is 2.71 bits per heavy atom. The SMILES string of the molecule is O=C(OCC(=O)N1CCOC2CCCCC21)c1ccc(CO)cc1. The van der Waals surface area contributed by atoms with Crippen LogP contribution in [-0.2, 0) is 20.9 Å². The first-order chi connectivity index (χ1) is 11.7. The van der Waals surface area contributed by atoms with Crippen molar-refractivity contribution in [2.45, 2.75) is 44.4 Å². The number of hydrogen-bond acceptors (Lipinski definition) is 5. The molecule has 2 unspecified atom stereocenters. The summed E-state index contributed by atoms with van der Waals surface area (Å²) in [5, 5.41) is 9.01. The molecule has 0 radical (unpaired) electrons. The van der Waals surface area contributed by atoms with Gasteiger partial charge in [-0.1, -0.05) is 25.0 Å². The van der Waals surface area contributed by atoms with Crippen LogP contribution >= 0.6 is 0 Å². The number of benzene rings is 1. The third kappa shape index (κ3) is 3.76. The smallest absolute Gasteiger partial charge is 0.338 e. The molecule has 1 saturated heterocycles. The highest BCUT2D eigenvalue weighted by atomic mass is 16.5. The summed E-state index contributed by atoms with van der Waals surface area (Å²) in [6.45, 7) is 0.781. The second-order valence-electron chi connectivity index (χ2n) is 6.28. The van der Waals surface area contributed by atoms with Crippen molar-refractivity contribution in [3.63, 3.8) is 0 Å². The predicted molar refractivity (Wildman–Crippen MR) is 86.4 cm³/mol. The molecule has 2 atom stereocenters. The third-order valence-corrected chi connectivity index (χ3v) is 4.75. The number of carbonyl (C=O) groups excluding carboxylic acids is 2. The number of carbonyl (C=O) groups is 2. The molecule has 1 amide bonds. The normalized spacial score (nSPS) is 23.5. The lowest BCUT2D eigenvalue weighted by atomic mass is 9.90. The number of aliphatic hydroxyl groups is 1. The van der Waals surface area contributed by atoms with E-state index in [4.69, 9.17) is 14.6 Å². The molecule has 2 aliphatic rings. The topological polar surface area (TPSA) is 76.1 Å². The van der Waals surface area contributed by atoms with Gasteiger partial charge in [-0.05, 0) is 30.5 Å². The summed E-state index contributed by atoms with van der Waals surface area (Å²) in [7, 11) is 0. The Morgan fingerprint density at radius 1 is 1.21 bits per heavy atom. The van der Waals surface area contributed by atoms with E-state index in [0.717, 1.165) is 31.2 Å². The second-order valence-corrected chi connectivity index (χ2v) is 6.28. The van der Waals surface area contributed by atoms with Crippen LogP contribution in [0.5, 0.6) is 0 Å². The van der Waals surface area contributed by atoms with Crippen LogP contribution in [0.4, 0.5) is 0 Å². The van der Waals surface area contributed by atoms with Gasteiger partial charge in [-0.3, -0.25) is 4.79 Å². The standard InChI is InChI=1S/C18H23NO5/c20-11-13-5-7-14(8-6-13)18(22)24-12-17(21)19-9-10-23-16-4-2-1-3-15(16)19/h5-8,15-16,20H,1-4,9-12H2. The number of hydrogen-bond donors (Lipinski definition) is 1. The molecule has 0 bridgehead atoms. The Balaban J connectivity index is 1.55. The van der Waals surface area contributed by atoms with Gasteiger partial charge in [0.15, 0.2) is 6.61 Å². The van der Waals surface area contributed by atoms with E-state index in [1.165, 1.54) is 0 Å². The first kappa shape index (κ1) is 16.9. The number of aliphatic hydroxyl groups excluding tert-OH is 1. The number of amides is 1. The average Bonchev–Trinajstić information content (AvgIpc) is 2.65. The maximum Gasteiger partial charge on any atom is 0.338 e. The highest BCUT2D eigenvalue weighted by molar-refractivity contribution is 5.91. The Bertz CT molecular complexity index is 584. The lowest BCUT2D eigenvalue weighted by molar-refractivity contribution is -0.152. The molecule has 24 heavy (non-hydrogen) atoms. The molecular weight excluding hydrogens is 310 g/mol. The lowest BCUT2D eigenvalue weighted by Gasteiger charge is -2.43. The molecule has 1 aliphatic carbocycles. The summed E-state index contributed by atoms with van der Waals surface area (Å²) in [6.07, 6.45) is 4.31. The number of esters is 1. The van der Waals surface area contributed by atoms with Crippen molar-refractivity contribution in [1.29, 1.82) is 0 Å². The van der Waals surface area contributed by atoms with Crippen LogP contribution in [0.25, 0.3) is 0 Å². The predicted octanol–water partition coefficient (Wildman–Crippen LogP) is 1.51. The van der Waals surface area contributed by atoms with Crippen molar-refractivity contribution in [2.24, 2.45) is 0 Å². The number of morpholine rings is 1. The zero-order chi connectivity index (χ0) is 16.9. The summed E-state index contributed by atoms with van der Waals surface area (Å²) in [5.41, 5.74) is 1.09. The number of ether oxygens (including phenoxy) is 2. The van der Waals surface area contributed by atoms with Crippen molar-refractivity contribution in [2.75, 3.05) is 19.8 Å². The molecule has 6 heteroatoms. The molecule has 1 aromatic carbocycles. The van der Waals surface area contributed by atoms with Gasteiger partial charge in [-0.25, -0.2) is 4.79 Å². The van der Waals surface area contributed by atoms with Crippen LogP contribution in [0.15, 0.2) is 24.3 Å². The molecule has 1 aliphatic heterocycles. The highest BCUT2D eigenvalue weighted by Crippen LogP contribution is 2.28. The maximum atomic E-state index is 12.4. The Morgan fingerprint density at radius 2 is 1.96 bits per heavy atom. The van der Waals surface area contributed by atoms with Gasteiger partial charge >= 0.3 is 5.97 Å². The van der Waals surface area contributed by atoms with Gasteiger partial charge in [0.1, 0.15) is 0 Å². The first-order valence-electron chi connectivity index (χ1n) is 8.47. The number of nitrogens with zero attached hydrogens (tertiary/aromatic N) is 1. The van der Waals surface area contributed by atoms with Crippen LogP contribution in [0.1, 0.15) is 41.6 Å². The minimum Gasteiger partial charge on any atom is -0.452 e. The largest absolute Gasteiger partial charge is 0.452 e. The van der Waals surface area contributed by atoms with Gasteiger partial charge in [0, 0.05) is 6.54 Å². The second kappa shape index (κ2) is 7.77. The number of rotatable bonds is 4. The highest BCUT2D eigenvalue weighted by Gasteiger charge is 2.36. The first-order valence-corrected chi connectivity index (χ1v) is 8.47. The van der Waals surface area contributed by atoms with E-state index < -0.39 is 5.97 Å². The van der Waals surface area contributed by atoms with Gasteiger partial charge < -0.3 is 19.5 Å². The monoisotopic (exact) mass is 333 g/mol. The zero-order valence-corrected chi connectivity index (χ0v) is 13.6. The summed E-state index contributed by atoms with van der Waals surface area (Å²) in [4.78, 5) is 26.3. The Hall–Kier alpha value is -1.92. The van der Waals surface area contributed by atoms with Crippen molar-refractivity contribution >= 4 is 11.9 Å². The lowest BCUT2D eigenvalue weighted by Crippen LogP contribution is -2.55. The Labute approximate surface area is 141 Å². The third-order valence-electron chi connectivity index (χ3n) is 4.75. The fraction of sp³-hybridized carbons (Fsp3) is 0.556. The van der Waals surface area contributed by atoms with Crippen molar-refractivity contribution < 1.29 is 24.2 Å². The van der Waals surface area contributed by atoms with Gasteiger partial charge in [0.25, 0.3) is 5.91 Å². The van der Waals surface area contributed by atoms with Gasteiger partial charge in [-0.15, -0.1) is 0 Å². The van der Waals surface area contributed by atoms with Crippen LogP contribution in [0.3, 0.4) is 0 Å². The van der Waals surface area contributed by atoms with Gasteiger partial charge in [-0.2, -0.15) is 0 Å². The zero-order valence-electron chi connectivity index (χ0n) is 13.6. The summed E-state index contributed by atoms with van der Waals surface area (Å²) >= 11 is 0. The molecule has 6 nitrogen and oxygen atoms in total. The van der Waals surface area contributed by atoms with E-state index >= 15 is 0 Å². The summed E-state index contributed by atoms with van der Waals surface area (Å²) in [6, 6.07) is 6.61. The van der Waals surface area contributed by atoms with Crippen molar-refractivity contribution in [3.8, 4) is 0 Å². The molecule has 0 spiro atoms. The number of fused-ring (bicyclic) bond motifs is 1. The fourth-order valence-electron chi connectivity index (χ4n) is 3.45. The van der Waals surface area contributed by atoms with Crippen molar-refractivity contribution in [3.05, 3.63) is 35.4 Å².